The van der Waals surface area contributed by atoms with Crippen molar-refractivity contribution in [2.45, 2.75) is 30.7 Å². The van der Waals surface area contributed by atoms with Crippen LogP contribution < -0.4 is 16.0 Å². The van der Waals surface area contributed by atoms with Crippen LogP contribution in [0.4, 0.5) is 0 Å². The van der Waals surface area contributed by atoms with Gasteiger partial charge in [0.05, 0.1) is 0 Å². The van der Waals surface area contributed by atoms with Crippen LogP contribution in [0.5, 0.6) is 0 Å². The van der Waals surface area contributed by atoms with E-state index < -0.39 is 38.2 Å². The molecule has 1 heterocycles. The van der Waals surface area contributed by atoms with E-state index in [0.29, 0.717) is 12.6 Å². The number of hydrogen-bond acceptors (Lipinski definition) is 5. The fourth-order valence-corrected chi connectivity index (χ4v) is 2.60. The molecule has 106 valence electrons. The monoisotopic (exact) mass is 291 g/mol. The number of H-pyrrole nitrogens is 2. The molecule has 0 bridgehead atoms. The van der Waals surface area contributed by atoms with Crippen molar-refractivity contribution in [3.63, 3.8) is 0 Å². The molecular weight excluding hydrogens is 278 g/mol. The van der Waals surface area contributed by atoms with Gasteiger partial charge in [0.1, 0.15) is 6.04 Å². The summed E-state index contributed by atoms with van der Waals surface area (Å²) in [6, 6.07) is -1.33. The lowest BCUT2D eigenvalue weighted by Gasteiger charge is -2.13. The molecule has 1 atom stereocenters. The highest BCUT2D eigenvalue weighted by molar-refractivity contribution is 7.89. The van der Waals surface area contributed by atoms with Crippen LogP contribution in [0.1, 0.15) is 19.8 Å². The van der Waals surface area contributed by atoms with Gasteiger partial charge in [-0.15, -0.1) is 0 Å². The second-order valence-corrected chi connectivity index (χ2v) is 5.42. The van der Waals surface area contributed by atoms with Crippen molar-refractivity contribution in [2.24, 2.45) is 0 Å². The Morgan fingerprint density at radius 1 is 1.47 bits per heavy atom. The third-order valence-corrected chi connectivity index (χ3v) is 3.72. The van der Waals surface area contributed by atoms with Crippen molar-refractivity contribution < 1.29 is 18.3 Å². The Labute approximate surface area is 107 Å². The van der Waals surface area contributed by atoms with E-state index in [1.54, 1.807) is 11.9 Å². The van der Waals surface area contributed by atoms with E-state index in [4.69, 9.17) is 5.11 Å². The Morgan fingerprint density at radius 3 is 2.58 bits per heavy atom. The van der Waals surface area contributed by atoms with E-state index in [9.17, 15) is 22.8 Å². The topological polar surface area (TPSA) is 149 Å². The Bertz CT molecular complexity index is 674. The zero-order chi connectivity index (χ0) is 14.6. The largest absolute Gasteiger partial charge is 0.480 e. The number of sulfonamides is 1. The predicted octanol–water partition coefficient (Wildman–Crippen LogP) is -1.41. The normalized spacial score (nSPS) is 13.1. The summed E-state index contributed by atoms with van der Waals surface area (Å²) in [7, 11) is -4.32. The molecule has 0 saturated carbocycles. The lowest BCUT2D eigenvalue weighted by atomic mass is 10.2. The molecule has 0 saturated heterocycles. The number of carboxylic acids is 1. The fourth-order valence-electron chi connectivity index (χ4n) is 1.37. The minimum Gasteiger partial charge on any atom is -0.480 e. The molecule has 4 N–H and O–H groups in total. The molecule has 19 heavy (non-hydrogen) atoms. The van der Waals surface area contributed by atoms with Crippen LogP contribution in [0.3, 0.4) is 0 Å². The van der Waals surface area contributed by atoms with Gasteiger partial charge in [-0.05, 0) is 6.42 Å². The van der Waals surface area contributed by atoms with Crippen LogP contribution in [0, 0.1) is 0 Å². The van der Waals surface area contributed by atoms with Gasteiger partial charge < -0.3 is 10.1 Å². The van der Waals surface area contributed by atoms with Gasteiger partial charge in [0.15, 0.2) is 4.90 Å². The van der Waals surface area contributed by atoms with Gasteiger partial charge in [-0.1, -0.05) is 13.3 Å². The zero-order valence-corrected chi connectivity index (χ0v) is 10.8. The predicted molar refractivity (Wildman–Crippen MR) is 64.3 cm³/mol. The quantitative estimate of drug-likeness (QED) is 0.506. The molecule has 1 aromatic heterocycles. The summed E-state index contributed by atoms with van der Waals surface area (Å²) in [6.07, 6.45) is 1.24. The summed E-state index contributed by atoms with van der Waals surface area (Å²) in [5.74, 6) is -1.34. The molecule has 0 aliphatic carbocycles. The number of rotatable bonds is 6. The molecule has 1 rings (SSSR count). The molecule has 1 unspecified atom stereocenters. The fraction of sp³-hybridized carbons (Fsp3) is 0.444. The second-order valence-electron chi connectivity index (χ2n) is 3.74. The Balaban J connectivity index is 3.13. The SMILES string of the molecule is CCCC(NS(=O)(=O)c1c[nH]c(=O)[nH]c1=O)C(=O)O. The first-order valence-electron chi connectivity index (χ1n) is 5.35. The highest BCUT2D eigenvalue weighted by Gasteiger charge is 2.26. The molecular formula is C9H13N3O6S. The van der Waals surface area contributed by atoms with Gasteiger partial charge in [0, 0.05) is 6.20 Å². The Kier molecular flexibility index (Phi) is 4.62. The number of nitrogens with one attached hydrogen (secondary N) is 3. The van der Waals surface area contributed by atoms with Crippen molar-refractivity contribution in [3.05, 3.63) is 27.0 Å². The van der Waals surface area contributed by atoms with Crippen molar-refractivity contribution in [3.8, 4) is 0 Å². The molecule has 10 heteroatoms. The van der Waals surface area contributed by atoms with Crippen molar-refractivity contribution in [2.75, 3.05) is 0 Å². The van der Waals surface area contributed by atoms with E-state index in [1.807, 2.05) is 9.71 Å². The number of carboxylic acid groups (broad SMARTS) is 1. The number of aliphatic carboxylic acids is 1. The van der Waals surface area contributed by atoms with E-state index in [-0.39, 0.29) is 6.42 Å². The number of carbonyl (C=O) groups is 1. The first-order valence-corrected chi connectivity index (χ1v) is 6.83. The molecule has 0 aromatic carbocycles. The maximum absolute atomic E-state index is 11.8. The standard InChI is InChI=1S/C9H13N3O6S/c1-2-3-5(8(14)15)12-19(17,18)6-4-10-9(16)11-7(6)13/h4-5,12H,2-3H2,1H3,(H,14,15)(H2,10,11,13,16). The van der Waals surface area contributed by atoms with E-state index in [1.165, 1.54) is 0 Å². The maximum Gasteiger partial charge on any atom is 0.325 e. The summed E-state index contributed by atoms with van der Waals surface area (Å²) in [5, 5.41) is 8.86. The third kappa shape index (κ3) is 3.76. The van der Waals surface area contributed by atoms with Gasteiger partial charge >= 0.3 is 11.7 Å². The second kappa shape index (κ2) is 5.80. The van der Waals surface area contributed by atoms with Crippen LogP contribution in [-0.2, 0) is 14.8 Å². The van der Waals surface area contributed by atoms with Gasteiger partial charge in [-0.2, -0.15) is 4.72 Å². The lowest BCUT2D eigenvalue weighted by molar-refractivity contribution is -0.139. The average molecular weight is 291 g/mol. The van der Waals surface area contributed by atoms with Gasteiger partial charge in [0.2, 0.25) is 10.0 Å². The van der Waals surface area contributed by atoms with Crippen LogP contribution in [0.25, 0.3) is 0 Å². The molecule has 0 aliphatic rings. The van der Waals surface area contributed by atoms with Crippen molar-refractivity contribution in [1.29, 1.82) is 0 Å². The van der Waals surface area contributed by atoms with Gasteiger partial charge in [-0.25, -0.2) is 13.2 Å². The minimum absolute atomic E-state index is 0.0792. The Hall–Kier alpha value is -1.94. The van der Waals surface area contributed by atoms with E-state index in [0.717, 1.165) is 0 Å². The average Bonchev–Trinajstić information content (AvgIpc) is 2.27. The molecule has 9 nitrogen and oxygen atoms in total. The highest BCUT2D eigenvalue weighted by atomic mass is 32.2. The van der Waals surface area contributed by atoms with E-state index >= 15 is 0 Å². The molecule has 0 fully saturated rings. The summed E-state index contributed by atoms with van der Waals surface area (Å²) in [5.41, 5.74) is -1.97. The molecule has 0 aliphatic heterocycles. The van der Waals surface area contributed by atoms with Crippen LogP contribution in [0.15, 0.2) is 20.7 Å². The maximum atomic E-state index is 11.8. The molecule has 1 aromatic rings. The highest BCUT2D eigenvalue weighted by Crippen LogP contribution is 2.04. The van der Waals surface area contributed by atoms with Crippen molar-refractivity contribution in [1.82, 2.24) is 14.7 Å². The number of aromatic amines is 2. The summed E-state index contributed by atoms with van der Waals surface area (Å²) < 4.78 is 25.6. The van der Waals surface area contributed by atoms with Crippen LogP contribution >= 0.6 is 0 Å². The molecule has 0 amide bonds. The van der Waals surface area contributed by atoms with Crippen LogP contribution in [-0.4, -0.2) is 35.5 Å². The summed E-state index contributed by atoms with van der Waals surface area (Å²) in [6.45, 7) is 1.69. The number of aromatic nitrogens is 2. The van der Waals surface area contributed by atoms with Gasteiger partial charge in [-0.3, -0.25) is 14.6 Å². The molecule has 0 radical (unpaired) electrons. The lowest BCUT2D eigenvalue weighted by Crippen LogP contribution is -2.42. The smallest absolute Gasteiger partial charge is 0.325 e. The Morgan fingerprint density at radius 2 is 2.11 bits per heavy atom. The molecule has 0 spiro atoms. The third-order valence-electron chi connectivity index (χ3n) is 2.25. The minimum atomic E-state index is -4.32. The summed E-state index contributed by atoms with van der Waals surface area (Å²) in [4.78, 5) is 36.0. The first kappa shape index (κ1) is 15.1. The zero-order valence-electron chi connectivity index (χ0n) is 9.97. The first-order chi connectivity index (χ1) is 8.77. The van der Waals surface area contributed by atoms with E-state index in [2.05, 4.69) is 0 Å². The van der Waals surface area contributed by atoms with Crippen molar-refractivity contribution >= 4 is 16.0 Å². The van der Waals surface area contributed by atoms with Crippen LogP contribution in [0.2, 0.25) is 0 Å². The van der Waals surface area contributed by atoms with Gasteiger partial charge in [0.25, 0.3) is 5.56 Å². The summed E-state index contributed by atoms with van der Waals surface area (Å²) >= 11 is 0. The number of hydrogen-bond donors (Lipinski definition) is 4.